The van der Waals surface area contributed by atoms with E-state index in [0.717, 1.165) is 6.42 Å². The molecule has 39 heavy (non-hydrogen) atoms. The average Bonchev–Trinajstić information content (AvgIpc) is 3.13. The standard InChI is InChI=1S/C34H57N2Si2.Ti/c1-23-25(3)33(11,21-29(23)37(13,14)35-31(5,6)7)27-17-19-28(20-18-27)34(12)22-30(24(2)26(34)4)38(15,16)36-32(8,9)10;/h17-19,21-22,35-36H,20H2,1-16H3;/q-1;. The molecule has 3 rings (SSSR count). The second kappa shape index (κ2) is 10.9. The van der Waals surface area contributed by atoms with Crippen molar-refractivity contribution >= 4 is 16.5 Å². The van der Waals surface area contributed by atoms with Crippen LogP contribution >= 0.6 is 0 Å². The Balaban J connectivity index is 0.00000533. The summed E-state index contributed by atoms with van der Waals surface area (Å²) in [6.45, 7) is 37.9. The molecule has 2 nitrogen and oxygen atoms in total. The average molecular weight is 598 g/mol. The van der Waals surface area contributed by atoms with E-state index >= 15 is 0 Å². The Kier molecular flexibility index (Phi) is 9.66. The Morgan fingerprint density at radius 1 is 0.744 bits per heavy atom. The van der Waals surface area contributed by atoms with Gasteiger partial charge >= 0.3 is 0 Å². The van der Waals surface area contributed by atoms with Crippen LogP contribution in [-0.4, -0.2) is 27.5 Å². The van der Waals surface area contributed by atoms with E-state index in [1.54, 1.807) is 10.4 Å². The first kappa shape index (κ1) is 34.6. The quantitative estimate of drug-likeness (QED) is 0.236. The Morgan fingerprint density at radius 3 is 1.59 bits per heavy atom. The maximum Gasteiger partial charge on any atom is 0.151 e. The van der Waals surface area contributed by atoms with Crippen molar-refractivity contribution in [3.8, 4) is 0 Å². The Labute approximate surface area is 259 Å². The van der Waals surface area contributed by atoms with Crippen LogP contribution in [0.4, 0.5) is 0 Å². The van der Waals surface area contributed by atoms with Crippen LogP contribution < -0.4 is 9.96 Å². The zero-order valence-corrected chi connectivity index (χ0v) is 31.7. The Hall–Kier alpha value is -0.622. The summed E-state index contributed by atoms with van der Waals surface area (Å²) >= 11 is 0. The molecule has 0 heterocycles. The van der Waals surface area contributed by atoms with Crippen molar-refractivity contribution in [1.82, 2.24) is 9.96 Å². The van der Waals surface area contributed by atoms with Gasteiger partial charge in [-0.25, -0.2) is 12.2 Å². The van der Waals surface area contributed by atoms with Gasteiger partial charge in [-0.3, -0.25) is 0 Å². The van der Waals surface area contributed by atoms with Gasteiger partial charge < -0.3 is 9.96 Å². The van der Waals surface area contributed by atoms with Gasteiger partial charge in [0.1, 0.15) is 0 Å². The van der Waals surface area contributed by atoms with E-state index in [2.05, 4.69) is 150 Å². The summed E-state index contributed by atoms with van der Waals surface area (Å²) in [5.74, 6) is 1.52. The van der Waals surface area contributed by atoms with E-state index in [4.69, 9.17) is 0 Å². The van der Waals surface area contributed by atoms with Crippen molar-refractivity contribution < 1.29 is 21.7 Å². The third-order valence-electron chi connectivity index (χ3n) is 9.35. The molecule has 0 saturated carbocycles. The van der Waals surface area contributed by atoms with Crippen molar-refractivity contribution in [1.29, 1.82) is 0 Å². The van der Waals surface area contributed by atoms with Crippen LogP contribution in [0.15, 0.2) is 68.6 Å². The van der Waals surface area contributed by atoms with E-state index in [-0.39, 0.29) is 43.6 Å². The number of allylic oxidation sites excluding steroid dienone is 12. The smallest absolute Gasteiger partial charge is 0.151 e. The maximum absolute atomic E-state index is 4.00. The normalized spacial score (nSPS) is 26.7. The molecule has 2 atom stereocenters. The van der Waals surface area contributed by atoms with Gasteiger partial charge in [0, 0.05) is 38.2 Å². The third-order valence-corrected chi connectivity index (χ3v) is 15.8. The third kappa shape index (κ3) is 6.73. The second-order valence-corrected chi connectivity index (χ2v) is 23.8. The number of nitrogens with one attached hydrogen (secondary N) is 2. The van der Waals surface area contributed by atoms with Crippen LogP contribution in [0.25, 0.3) is 0 Å². The summed E-state index contributed by atoms with van der Waals surface area (Å²) in [6, 6.07) is 0. The summed E-state index contributed by atoms with van der Waals surface area (Å²) in [7, 11) is -3.57. The summed E-state index contributed by atoms with van der Waals surface area (Å²) in [5, 5.41) is 3.14. The van der Waals surface area contributed by atoms with Gasteiger partial charge in [-0.2, -0.15) is 5.92 Å². The van der Waals surface area contributed by atoms with Crippen LogP contribution in [0.3, 0.4) is 0 Å². The molecule has 0 spiro atoms. The number of rotatable bonds is 6. The molecule has 0 aromatic carbocycles. The van der Waals surface area contributed by atoms with E-state index < -0.39 is 16.5 Å². The molecule has 0 fully saturated rings. The maximum atomic E-state index is 4.00. The summed E-state index contributed by atoms with van der Waals surface area (Å²) in [4.78, 5) is 8.00. The van der Waals surface area contributed by atoms with E-state index in [1.165, 1.54) is 33.8 Å². The Morgan fingerprint density at radius 2 is 1.18 bits per heavy atom. The Bertz CT molecular complexity index is 1180. The zero-order chi connectivity index (χ0) is 29.3. The van der Waals surface area contributed by atoms with Gasteiger partial charge in [0.05, 0.1) is 0 Å². The van der Waals surface area contributed by atoms with Crippen molar-refractivity contribution in [2.24, 2.45) is 10.8 Å². The molecule has 3 aliphatic rings. The van der Waals surface area contributed by atoms with Gasteiger partial charge in [0.25, 0.3) is 0 Å². The SMILES string of the molecule is CC1=C(C)C(C)(C2=CC[C-](C3(C)C=C([Si](C)(C)NC(C)(C)C)C(C)=C3C)C=C2)C=C1[Si](C)(C)NC(C)(C)C.[Ti]. The van der Waals surface area contributed by atoms with Crippen LogP contribution in [0.2, 0.25) is 26.2 Å². The molecule has 3 aliphatic carbocycles. The monoisotopic (exact) mass is 597 g/mol. The topological polar surface area (TPSA) is 24.1 Å². The van der Waals surface area contributed by atoms with Crippen molar-refractivity contribution in [2.45, 2.75) is 127 Å². The molecular weight excluding hydrogens is 540 g/mol. The minimum Gasteiger partial charge on any atom is -0.329 e. The van der Waals surface area contributed by atoms with Crippen molar-refractivity contribution in [3.63, 3.8) is 0 Å². The predicted octanol–water partition coefficient (Wildman–Crippen LogP) is 9.27. The van der Waals surface area contributed by atoms with Gasteiger partial charge in [0.2, 0.25) is 0 Å². The minimum absolute atomic E-state index is 0. The van der Waals surface area contributed by atoms with E-state index in [0.29, 0.717) is 0 Å². The largest absolute Gasteiger partial charge is 0.329 e. The van der Waals surface area contributed by atoms with Gasteiger partial charge in [0.15, 0.2) is 16.5 Å². The molecule has 216 valence electrons. The molecule has 0 amide bonds. The summed E-state index contributed by atoms with van der Waals surface area (Å²) in [5.41, 5.74) is 7.65. The van der Waals surface area contributed by atoms with Crippen LogP contribution in [0, 0.1) is 16.7 Å². The molecule has 0 saturated heterocycles. The van der Waals surface area contributed by atoms with Crippen molar-refractivity contribution in [2.75, 3.05) is 0 Å². The van der Waals surface area contributed by atoms with Gasteiger partial charge in [-0.15, -0.1) is 11.6 Å². The molecule has 2 unspecified atom stereocenters. The first-order chi connectivity index (χ1) is 16.9. The zero-order valence-electron chi connectivity index (χ0n) is 28.1. The molecular formula is C34H57N2Si2Ti-. The van der Waals surface area contributed by atoms with E-state index in [1.807, 2.05) is 0 Å². The molecule has 0 aromatic rings. The van der Waals surface area contributed by atoms with E-state index in [9.17, 15) is 0 Å². The molecule has 0 aliphatic heterocycles. The fraction of sp³-hybridized carbons (Fsp3) is 0.618. The van der Waals surface area contributed by atoms with Crippen molar-refractivity contribution in [3.05, 3.63) is 74.6 Å². The molecule has 2 N–H and O–H groups in total. The molecule has 5 heteroatoms. The van der Waals surface area contributed by atoms with Crippen LogP contribution in [0.1, 0.15) is 89.5 Å². The summed E-state index contributed by atoms with van der Waals surface area (Å²) < 4.78 is 0. The minimum atomic E-state index is -1.79. The first-order valence-corrected chi connectivity index (χ1v) is 20.6. The first-order valence-electron chi connectivity index (χ1n) is 14.6. The molecule has 0 radical (unpaired) electrons. The summed E-state index contributed by atoms with van der Waals surface area (Å²) in [6.07, 6.45) is 13.6. The molecule has 0 bridgehead atoms. The van der Waals surface area contributed by atoms with Crippen LogP contribution in [0.5, 0.6) is 0 Å². The van der Waals surface area contributed by atoms with Gasteiger partial charge in [-0.05, 0) is 92.0 Å². The fourth-order valence-corrected chi connectivity index (χ4v) is 15.0. The van der Waals surface area contributed by atoms with Crippen LogP contribution in [-0.2, 0) is 21.7 Å². The molecule has 0 aromatic heterocycles. The number of hydrogen-bond acceptors (Lipinski definition) is 2. The predicted molar refractivity (Wildman–Crippen MR) is 175 cm³/mol. The fourth-order valence-electron chi connectivity index (χ4n) is 7.45. The number of hydrogen-bond donors (Lipinski definition) is 2. The second-order valence-electron chi connectivity index (χ2n) is 15.7. The van der Waals surface area contributed by atoms with Gasteiger partial charge in [-0.1, -0.05) is 74.0 Å².